The van der Waals surface area contributed by atoms with Crippen LogP contribution in [0.3, 0.4) is 0 Å². The highest BCUT2D eigenvalue weighted by atomic mass is 79.9. The van der Waals surface area contributed by atoms with Gasteiger partial charge in [-0.1, -0.05) is 0 Å². The average molecular weight is 381 g/mol. The lowest BCUT2D eigenvalue weighted by Crippen LogP contribution is -2.38. The minimum atomic E-state index is -3.62. The summed E-state index contributed by atoms with van der Waals surface area (Å²) < 4.78 is 45.2. The van der Waals surface area contributed by atoms with Crippen LogP contribution in [0.15, 0.2) is 27.6 Å². The number of ether oxygens (including phenoxy) is 1. The van der Waals surface area contributed by atoms with Crippen LogP contribution in [-0.2, 0) is 14.8 Å². The van der Waals surface area contributed by atoms with Crippen molar-refractivity contribution in [3.63, 3.8) is 0 Å². The van der Waals surface area contributed by atoms with Crippen molar-refractivity contribution in [1.29, 1.82) is 0 Å². The molecule has 1 aromatic carbocycles. The molecular weight excluding hydrogens is 363 g/mol. The molecule has 0 bridgehead atoms. The lowest BCUT2D eigenvalue weighted by Gasteiger charge is -2.26. The third-order valence-electron chi connectivity index (χ3n) is 3.23. The Kier molecular flexibility index (Phi) is 6.12. The Hall–Kier alpha value is -0.540. The van der Waals surface area contributed by atoms with Gasteiger partial charge in [0.05, 0.1) is 18.1 Å². The van der Waals surface area contributed by atoms with E-state index < -0.39 is 15.8 Å². The molecule has 1 aliphatic heterocycles. The van der Waals surface area contributed by atoms with E-state index in [9.17, 15) is 12.8 Å². The van der Waals surface area contributed by atoms with Crippen LogP contribution in [0.4, 0.5) is 4.39 Å². The Morgan fingerprint density at radius 2 is 2.05 bits per heavy atom. The van der Waals surface area contributed by atoms with Crippen LogP contribution in [0.5, 0.6) is 0 Å². The summed E-state index contributed by atoms with van der Waals surface area (Å²) in [6.45, 7) is 4.41. The summed E-state index contributed by atoms with van der Waals surface area (Å²) in [6.07, 6.45) is 0.720. The summed E-state index contributed by atoms with van der Waals surface area (Å²) in [6, 6.07) is 3.53. The highest BCUT2D eigenvalue weighted by Gasteiger charge is 2.17. The maximum absolute atomic E-state index is 13.0. The summed E-state index contributed by atoms with van der Waals surface area (Å²) in [7, 11) is -3.62. The number of rotatable bonds is 6. The SMILES string of the molecule is O=S(=O)(NCCCN1CCOCC1)c1ccc(F)cc1Br. The minimum Gasteiger partial charge on any atom is -0.379 e. The van der Waals surface area contributed by atoms with Crippen molar-refractivity contribution in [3.05, 3.63) is 28.5 Å². The molecule has 0 unspecified atom stereocenters. The number of hydrogen-bond acceptors (Lipinski definition) is 4. The molecule has 0 radical (unpaired) electrons. The zero-order valence-corrected chi connectivity index (χ0v) is 13.9. The van der Waals surface area contributed by atoms with Crippen LogP contribution >= 0.6 is 15.9 Å². The van der Waals surface area contributed by atoms with Gasteiger partial charge in [-0.05, 0) is 47.1 Å². The summed E-state index contributed by atoms with van der Waals surface area (Å²) in [5.41, 5.74) is 0. The second-order valence-corrected chi connectivity index (χ2v) is 7.37. The Bertz CT molecular complexity index is 577. The first-order valence-electron chi connectivity index (χ1n) is 6.74. The molecule has 1 fully saturated rings. The molecule has 2 rings (SSSR count). The first-order chi connectivity index (χ1) is 9.99. The molecule has 0 atom stereocenters. The molecule has 0 aliphatic carbocycles. The van der Waals surface area contributed by atoms with Crippen molar-refractivity contribution < 1.29 is 17.5 Å². The average Bonchev–Trinajstić information content (AvgIpc) is 2.44. The van der Waals surface area contributed by atoms with E-state index >= 15 is 0 Å². The second-order valence-electron chi connectivity index (χ2n) is 4.78. The smallest absolute Gasteiger partial charge is 0.241 e. The first kappa shape index (κ1) is 16.8. The van der Waals surface area contributed by atoms with Crippen LogP contribution in [0.1, 0.15) is 6.42 Å². The third-order valence-corrected chi connectivity index (χ3v) is 5.67. The van der Waals surface area contributed by atoms with Crippen LogP contribution < -0.4 is 4.72 Å². The Labute approximate surface area is 132 Å². The van der Waals surface area contributed by atoms with Crippen LogP contribution in [0.25, 0.3) is 0 Å². The molecule has 0 spiro atoms. The fourth-order valence-corrected chi connectivity index (χ4v) is 4.23. The quantitative estimate of drug-likeness (QED) is 0.761. The Balaban J connectivity index is 1.83. The fourth-order valence-electron chi connectivity index (χ4n) is 2.10. The molecular formula is C13H18BrFN2O3S. The summed E-state index contributed by atoms with van der Waals surface area (Å²) >= 11 is 3.07. The van der Waals surface area contributed by atoms with Gasteiger partial charge in [0.25, 0.3) is 0 Å². The Morgan fingerprint density at radius 3 is 2.71 bits per heavy atom. The zero-order chi connectivity index (χ0) is 15.3. The van der Waals surface area contributed by atoms with Gasteiger partial charge in [0.1, 0.15) is 5.82 Å². The normalized spacial score (nSPS) is 17.0. The molecule has 1 aromatic rings. The number of morpholine rings is 1. The van der Waals surface area contributed by atoms with Gasteiger partial charge in [-0.2, -0.15) is 0 Å². The number of nitrogens with zero attached hydrogens (tertiary/aromatic N) is 1. The van der Waals surface area contributed by atoms with Gasteiger partial charge in [0.2, 0.25) is 10.0 Å². The van der Waals surface area contributed by atoms with Gasteiger partial charge < -0.3 is 4.74 Å². The lowest BCUT2D eigenvalue weighted by molar-refractivity contribution is 0.0376. The van der Waals surface area contributed by atoms with Crippen molar-refractivity contribution in [2.75, 3.05) is 39.4 Å². The van der Waals surface area contributed by atoms with E-state index in [1.54, 1.807) is 0 Å². The maximum atomic E-state index is 13.0. The van der Waals surface area contributed by atoms with Crippen molar-refractivity contribution in [2.24, 2.45) is 0 Å². The van der Waals surface area contributed by atoms with Crippen molar-refractivity contribution >= 4 is 26.0 Å². The van der Waals surface area contributed by atoms with Gasteiger partial charge in [0.15, 0.2) is 0 Å². The maximum Gasteiger partial charge on any atom is 0.241 e. The minimum absolute atomic E-state index is 0.0512. The number of benzene rings is 1. The first-order valence-corrected chi connectivity index (χ1v) is 9.01. The van der Waals surface area contributed by atoms with E-state index in [2.05, 4.69) is 25.6 Å². The van der Waals surface area contributed by atoms with Crippen molar-refractivity contribution in [2.45, 2.75) is 11.3 Å². The lowest BCUT2D eigenvalue weighted by atomic mass is 10.3. The Morgan fingerprint density at radius 1 is 1.33 bits per heavy atom. The number of halogens is 2. The molecule has 0 amide bonds. The molecule has 1 saturated heterocycles. The van der Waals surface area contributed by atoms with E-state index in [1.165, 1.54) is 6.07 Å². The van der Waals surface area contributed by atoms with Gasteiger partial charge >= 0.3 is 0 Å². The molecule has 0 saturated carbocycles. The number of nitrogens with one attached hydrogen (secondary N) is 1. The topological polar surface area (TPSA) is 58.6 Å². The molecule has 8 heteroatoms. The van der Waals surface area contributed by atoms with Gasteiger partial charge in [0, 0.05) is 24.1 Å². The predicted octanol–water partition coefficient (Wildman–Crippen LogP) is 1.59. The predicted molar refractivity (Wildman–Crippen MR) is 81.2 cm³/mol. The summed E-state index contributed by atoms with van der Waals surface area (Å²) in [5.74, 6) is -0.479. The van der Waals surface area contributed by atoms with E-state index in [0.29, 0.717) is 6.54 Å². The summed E-state index contributed by atoms with van der Waals surface area (Å²) in [4.78, 5) is 2.29. The monoisotopic (exact) mass is 380 g/mol. The van der Waals surface area contributed by atoms with Gasteiger partial charge in [-0.3, -0.25) is 4.90 Å². The van der Waals surface area contributed by atoms with E-state index in [4.69, 9.17) is 4.74 Å². The zero-order valence-electron chi connectivity index (χ0n) is 11.5. The van der Waals surface area contributed by atoms with E-state index in [-0.39, 0.29) is 9.37 Å². The van der Waals surface area contributed by atoms with Crippen LogP contribution in [0, 0.1) is 5.82 Å². The van der Waals surface area contributed by atoms with E-state index in [1.807, 2.05) is 0 Å². The van der Waals surface area contributed by atoms with Gasteiger partial charge in [-0.15, -0.1) is 0 Å². The molecule has 5 nitrogen and oxygen atoms in total. The largest absolute Gasteiger partial charge is 0.379 e. The van der Waals surface area contributed by atoms with Crippen molar-refractivity contribution in [1.82, 2.24) is 9.62 Å². The molecule has 0 aromatic heterocycles. The standard InChI is InChI=1S/C13H18BrFN2O3S/c14-12-10-11(15)2-3-13(12)21(18,19)16-4-1-5-17-6-8-20-9-7-17/h2-3,10,16H,1,4-9H2. The third kappa shape index (κ3) is 5.00. The fraction of sp³-hybridized carbons (Fsp3) is 0.538. The second kappa shape index (κ2) is 7.64. The molecule has 1 aliphatic rings. The summed E-state index contributed by atoms with van der Waals surface area (Å²) in [5, 5.41) is 0. The number of hydrogen-bond donors (Lipinski definition) is 1. The van der Waals surface area contributed by atoms with Crippen molar-refractivity contribution in [3.8, 4) is 0 Å². The van der Waals surface area contributed by atoms with Crippen LogP contribution in [0.2, 0.25) is 0 Å². The van der Waals surface area contributed by atoms with E-state index in [0.717, 1.165) is 51.4 Å². The van der Waals surface area contributed by atoms with Crippen LogP contribution in [-0.4, -0.2) is 52.7 Å². The number of sulfonamides is 1. The highest BCUT2D eigenvalue weighted by molar-refractivity contribution is 9.10. The molecule has 118 valence electrons. The molecule has 1 N–H and O–H groups in total. The molecule has 21 heavy (non-hydrogen) atoms. The molecule has 1 heterocycles. The van der Waals surface area contributed by atoms with Gasteiger partial charge in [-0.25, -0.2) is 17.5 Å². The highest BCUT2D eigenvalue weighted by Crippen LogP contribution is 2.22.